The number of hydrogen-bond donors (Lipinski definition) is 0. The van der Waals surface area contributed by atoms with Crippen LogP contribution in [0.1, 0.15) is 510 Å². The first-order valence-corrected chi connectivity index (χ1v) is 59.6. The normalized spacial score (nSPS) is 19.7. The van der Waals surface area contributed by atoms with Crippen LogP contribution in [0.5, 0.6) is 0 Å². The van der Waals surface area contributed by atoms with E-state index in [4.69, 9.17) is 71.1 Å². The Kier molecular flexibility index (Phi) is 88.3. The molecule has 7 aliphatic rings. The molecule has 7 heterocycles. The van der Waals surface area contributed by atoms with Crippen molar-refractivity contribution in [1.29, 1.82) is 0 Å². The lowest BCUT2D eigenvalue weighted by molar-refractivity contribution is -0.157. The molecule has 0 spiro atoms. The van der Waals surface area contributed by atoms with Gasteiger partial charge < -0.3 is 71.1 Å². The maximum Gasteiger partial charge on any atom is 0.309 e. The molecule has 18 heteroatoms. The fourth-order valence-electron chi connectivity index (χ4n) is 17.0. The number of esters is 3. The molecule has 13 unspecified atom stereocenters. The largest absolute Gasteiger partial charge is 0.465 e. The van der Waals surface area contributed by atoms with Gasteiger partial charge in [-0.2, -0.15) is 0 Å². The summed E-state index contributed by atoms with van der Waals surface area (Å²) in [4.78, 5) is 37.3. The predicted molar refractivity (Wildman–Crippen MR) is 575 cm³/mol. The van der Waals surface area contributed by atoms with Crippen molar-refractivity contribution in [3.05, 3.63) is 0 Å². The van der Waals surface area contributed by atoms with Crippen molar-refractivity contribution >= 4 is 17.9 Å². The van der Waals surface area contributed by atoms with E-state index in [0.29, 0.717) is 82.8 Å². The molecule has 0 saturated carbocycles. The van der Waals surface area contributed by atoms with Crippen LogP contribution in [0.15, 0.2) is 0 Å². The van der Waals surface area contributed by atoms with Gasteiger partial charge in [0.2, 0.25) is 0 Å². The summed E-state index contributed by atoms with van der Waals surface area (Å²) in [5, 5.41) is 0. The number of rotatable bonds is 94. The Labute approximate surface area is 853 Å². The van der Waals surface area contributed by atoms with Gasteiger partial charge in [0.25, 0.3) is 0 Å². The second kappa shape index (κ2) is 92.3. The number of carbonyl (C=O) groups excluding carboxylic acids is 3. The number of epoxide rings is 7. The Bertz CT molecular complexity index is 2570. The maximum atomic E-state index is 13.4. The molecule has 0 bridgehead atoms. The Hall–Kier alpha value is -2.07. The third-order valence-electron chi connectivity index (χ3n) is 29.9. The van der Waals surface area contributed by atoms with Crippen molar-refractivity contribution < 1.29 is 85.4 Å². The minimum absolute atomic E-state index is 0.00764. The molecule has 820 valence electrons. The summed E-state index contributed by atoms with van der Waals surface area (Å²) in [5.41, 5.74) is -0.344. The van der Waals surface area contributed by atoms with Crippen LogP contribution in [0.3, 0.4) is 0 Å². The minimum Gasteiger partial charge on any atom is -0.465 e. The van der Waals surface area contributed by atoms with Crippen LogP contribution in [-0.4, -0.2) is 193 Å². The van der Waals surface area contributed by atoms with Crippen LogP contribution >= 0.6 is 0 Å². The van der Waals surface area contributed by atoms with E-state index in [1.807, 2.05) is 0 Å². The zero-order valence-electron chi connectivity index (χ0n) is 94.3. The van der Waals surface area contributed by atoms with Gasteiger partial charge in [-0.3, -0.25) is 14.4 Å². The minimum atomic E-state index is -0.344. The lowest BCUT2D eigenvalue weighted by Gasteiger charge is -2.32. The van der Waals surface area contributed by atoms with Crippen LogP contribution < -0.4 is 0 Å². The Morgan fingerprint density at radius 3 is 0.746 bits per heavy atom. The highest BCUT2D eigenvalue weighted by atomic mass is 16.6. The van der Waals surface area contributed by atoms with Crippen molar-refractivity contribution in [3.8, 4) is 0 Å². The van der Waals surface area contributed by atoms with Crippen molar-refractivity contribution in [3.63, 3.8) is 0 Å². The molecule has 18 nitrogen and oxygen atoms in total. The molecule has 7 aliphatic heterocycles. The molecular formula is C120H232O18. The van der Waals surface area contributed by atoms with E-state index in [1.54, 1.807) is 0 Å². The first-order chi connectivity index (χ1) is 66.9. The number of carbonyl (C=O) groups is 3. The molecule has 13 atom stereocenters. The van der Waals surface area contributed by atoms with E-state index in [1.165, 1.54) is 308 Å². The molecular weight excluding hydrogens is 1730 g/mol. The number of hydrogen-bond acceptors (Lipinski definition) is 18. The molecule has 7 rings (SSSR count). The summed E-state index contributed by atoms with van der Waals surface area (Å²) in [5.74, 6) is 6.70. The summed E-state index contributed by atoms with van der Waals surface area (Å²) in [6.07, 6.45) is 79.2. The van der Waals surface area contributed by atoms with Gasteiger partial charge in [0.05, 0.1) is 110 Å². The average molecular weight is 1960 g/mol. The standard InChI is InChI=1S/C32H60O6.C23H44O3.C21H40O3.C17H34O2.C15H30O2.C12H24O2/c1-8-32(21-34-17-29-19-36-29,22-35-18-30-20-37-30)23-38-31(33)28(16-12-14-27(7)25(4)5)15-11-9-10-13-26(6)24(2)3;1-17(2)19(5)11-8-7-9-13-21(14-10-12-20(6)18(3)4)23(24)26-16-22-15-25-22;1-2-3-4-5-6-7-8-9-10-11-12-13-14-15-16-17-21(22)24-19-20-18-23-20;1-2-3-4-5-6-7-8-9-10-11-12-13-14-18-15-17-16-19-17;1-2-3-4-5-6-7-8-9-10-11-12-16-13-15-14-17-15;1-11(2)7-5-3-4-6-8-13-9-12-10-14-12/h24-30H,8-23H2,1-7H3;17-22H,7-16H2,1-6H3;20H,2-19H2,1H3;17H,2-16H2,1H3;15H,2-14H2,1H3;11-12H,3-10H2,1-2H3. The van der Waals surface area contributed by atoms with Gasteiger partial charge in [0.15, 0.2) is 0 Å². The Morgan fingerprint density at radius 2 is 0.464 bits per heavy atom. The van der Waals surface area contributed by atoms with Gasteiger partial charge in [0.1, 0.15) is 62.5 Å². The molecule has 0 aromatic heterocycles. The lowest BCUT2D eigenvalue weighted by Crippen LogP contribution is -2.39. The van der Waals surface area contributed by atoms with E-state index in [2.05, 4.69) is 125 Å². The summed E-state index contributed by atoms with van der Waals surface area (Å²) < 4.78 is 81.2. The van der Waals surface area contributed by atoms with Crippen LogP contribution in [0.4, 0.5) is 0 Å². The van der Waals surface area contributed by atoms with Gasteiger partial charge in [-0.15, -0.1) is 0 Å². The van der Waals surface area contributed by atoms with Gasteiger partial charge >= 0.3 is 17.9 Å². The molecule has 0 N–H and O–H groups in total. The van der Waals surface area contributed by atoms with Crippen LogP contribution in [-0.2, 0) is 85.4 Å². The van der Waals surface area contributed by atoms with Crippen LogP contribution in [0.2, 0.25) is 0 Å². The highest BCUT2D eigenvalue weighted by Crippen LogP contribution is 2.32. The summed E-state index contributed by atoms with van der Waals surface area (Å²) in [6.45, 7) is 55.7. The highest BCUT2D eigenvalue weighted by Gasteiger charge is 2.36. The van der Waals surface area contributed by atoms with E-state index < -0.39 is 0 Å². The van der Waals surface area contributed by atoms with Crippen molar-refractivity contribution in [2.45, 2.75) is 553 Å². The van der Waals surface area contributed by atoms with Gasteiger partial charge in [-0.1, -0.05) is 446 Å². The van der Waals surface area contributed by atoms with Gasteiger partial charge in [-0.05, 0) is 111 Å². The predicted octanol–water partition coefficient (Wildman–Crippen LogP) is 32.0. The summed E-state index contributed by atoms with van der Waals surface area (Å²) in [7, 11) is 0. The quantitative estimate of drug-likeness (QED) is 0.0240. The van der Waals surface area contributed by atoms with Gasteiger partial charge in [0, 0.05) is 26.2 Å². The van der Waals surface area contributed by atoms with Crippen molar-refractivity contribution in [2.75, 3.05) is 132 Å². The van der Waals surface area contributed by atoms with Crippen LogP contribution in [0, 0.1) is 70.5 Å². The SMILES string of the molecule is CC(C)C(C)CCCCCC(CCCC(C)C(C)C)C(=O)OCC1CO1.CC(C)CCCCCCOCC1CO1.CCC(COCC1CO1)(COCC1CO1)COC(=O)C(CCCCCC(C)C(C)C)CCCC(C)C(C)C.CCCCCCCCCCCCCCCCCC(=O)OCC1CO1.CCCCCCCCCCCCCCOCC1CO1.CCCCCCCCCCCCOCC1CO1. The Balaban J connectivity index is 0.000000577. The first-order valence-electron chi connectivity index (χ1n) is 59.6. The van der Waals surface area contributed by atoms with E-state index in [0.717, 1.165) is 198 Å². The van der Waals surface area contributed by atoms with E-state index in [9.17, 15) is 14.4 Å². The molecule has 0 amide bonds. The van der Waals surface area contributed by atoms with E-state index in [-0.39, 0.29) is 59.6 Å². The average Bonchev–Trinajstić information content (AvgIpc) is 1.86. The molecule has 0 aromatic carbocycles. The van der Waals surface area contributed by atoms with Gasteiger partial charge in [-0.25, -0.2) is 0 Å². The molecule has 0 aromatic rings. The van der Waals surface area contributed by atoms with E-state index >= 15 is 0 Å². The summed E-state index contributed by atoms with van der Waals surface area (Å²) >= 11 is 0. The van der Waals surface area contributed by atoms with Crippen molar-refractivity contribution in [2.24, 2.45) is 70.5 Å². The zero-order valence-corrected chi connectivity index (χ0v) is 94.3. The molecule has 138 heavy (non-hydrogen) atoms. The molecule has 0 aliphatic carbocycles. The smallest absolute Gasteiger partial charge is 0.309 e. The third-order valence-corrected chi connectivity index (χ3v) is 29.9. The first kappa shape index (κ1) is 132. The molecule has 7 fully saturated rings. The fraction of sp³-hybridized carbons (Fsp3) is 0.975. The maximum absolute atomic E-state index is 13.4. The zero-order chi connectivity index (χ0) is 101. The molecule has 0 radical (unpaired) electrons. The second-order valence-electron chi connectivity index (χ2n) is 45.5. The van der Waals surface area contributed by atoms with Crippen molar-refractivity contribution in [1.82, 2.24) is 0 Å². The number of ether oxygens (including phenoxy) is 15. The topological polar surface area (TPSA) is 213 Å². The Morgan fingerprint density at radius 1 is 0.239 bits per heavy atom. The lowest BCUT2D eigenvalue weighted by atomic mass is 9.87. The molecule has 7 saturated heterocycles. The number of unbranched alkanes of at least 4 members (excludes halogenated alkanes) is 41. The second-order valence-corrected chi connectivity index (χ2v) is 45.5. The summed E-state index contributed by atoms with van der Waals surface area (Å²) in [6, 6.07) is 0. The fourth-order valence-corrected chi connectivity index (χ4v) is 17.0. The highest BCUT2D eigenvalue weighted by molar-refractivity contribution is 5.73. The van der Waals surface area contributed by atoms with Crippen LogP contribution in [0.25, 0.3) is 0 Å². The monoisotopic (exact) mass is 1960 g/mol. The third kappa shape index (κ3) is 90.3.